The molecule has 0 amide bonds. The van der Waals surface area contributed by atoms with Crippen molar-refractivity contribution in [3.05, 3.63) is 41.9 Å². The Balaban J connectivity index is 1.55. The fourth-order valence-corrected chi connectivity index (χ4v) is 3.62. The lowest BCUT2D eigenvalue weighted by Crippen LogP contribution is -2.39. The van der Waals surface area contributed by atoms with Crippen molar-refractivity contribution in [2.24, 2.45) is 0 Å². The highest BCUT2D eigenvalue weighted by atomic mass is 16.5. The molecule has 0 spiro atoms. The van der Waals surface area contributed by atoms with Gasteiger partial charge in [0.05, 0.1) is 13.2 Å². The van der Waals surface area contributed by atoms with E-state index in [9.17, 15) is 0 Å². The Hall–Kier alpha value is -1.92. The summed E-state index contributed by atoms with van der Waals surface area (Å²) in [5, 5.41) is 4.32. The number of nitrogens with zero attached hydrogens (tertiary/aromatic N) is 5. The second-order valence-electron chi connectivity index (χ2n) is 6.68. The van der Waals surface area contributed by atoms with Gasteiger partial charge in [-0.2, -0.15) is 5.10 Å². The van der Waals surface area contributed by atoms with E-state index in [2.05, 4.69) is 34.0 Å². The number of hydrogen-bond acceptors (Lipinski definition) is 5. The molecule has 0 N–H and O–H groups in total. The maximum Gasteiger partial charge on any atom is 0.133 e. The van der Waals surface area contributed by atoms with Crippen LogP contribution in [0.3, 0.4) is 0 Å². The van der Waals surface area contributed by atoms with E-state index in [4.69, 9.17) is 9.72 Å². The molecule has 0 saturated carbocycles. The second kappa shape index (κ2) is 6.91. The molecule has 1 unspecified atom stereocenters. The van der Waals surface area contributed by atoms with E-state index in [1.165, 1.54) is 5.56 Å². The van der Waals surface area contributed by atoms with Gasteiger partial charge in [0.2, 0.25) is 0 Å². The summed E-state index contributed by atoms with van der Waals surface area (Å²) in [5.74, 6) is 1.14. The number of hydrogen-bond donors (Lipinski definition) is 0. The van der Waals surface area contributed by atoms with Crippen LogP contribution in [0.4, 0.5) is 5.82 Å². The molecular formula is C18H25N5O. The highest BCUT2D eigenvalue weighted by molar-refractivity contribution is 5.48. The maximum absolute atomic E-state index is 5.60. The molecule has 1 saturated heterocycles. The van der Waals surface area contributed by atoms with Crippen LogP contribution in [0, 0.1) is 6.92 Å². The van der Waals surface area contributed by atoms with E-state index in [-0.39, 0.29) is 0 Å². The summed E-state index contributed by atoms with van der Waals surface area (Å²) < 4.78 is 7.59. The topological polar surface area (TPSA) is 46.4 Å². The van der Waals surface area contributed by atoms with Gasteiger partial charge in [-0.05, 0) is 25.5 Å². The summed E-state index contributed by atoms with van der Waals surface area (Å²) in [6, 6.07) is 6.89. The first-order valence-corrected chi connectivity index (χ1v) is 8.80. The molecule has 2 aromatic heterocycles. The van der Waals surface area contributed by atoms with Crippen LogP contribution in [-0.2, 0) is 17.8 Å². The predicted octanol–water partition coefficient (Wildman–Crippen LogP) is 1.70. The van der Waals surface area contributed by atoms with Crippen molar-refractivity contribution in [2.75, 3.05) is 37.7 Å². The predicted molar refractivity (Wildman–Crippen MR) is 93.0 cm³/mol. The Morgan fingerprint density at radius 2 is 2.21 bits per heavy atom. The van der Waals surface area contributed by atoms with Crippen LogP contribution in [0.1, 0.15) is 17.7 Å². The van der Waals surface area contributed by atoms with E-state index in [1.807, 2.05) is 23.1 Å². The molecule has 4 rings (SSSR count). The maximum atomic E-state index is 5.60. The quantitative estimate of drug-likeness (QED) is 0.855. The number of ether oxygens (including phenoxy) is 1. The van der Waals surface area contributed by atoms with Crippen molar-refractivity contribution in [1.29, 1.82) is 0 Å². The normalized spacial score (nSPS) is 21.7. The van der Waals surface area contributed by atoms with Crippen LogP contribution < -0.4 is 4.90 Å². The third-order valence-electron chi connectivity index (χ3n) is 5.01. The highest BCUT2D eigenvalue weighted by Gasteiger charge is 2.28. The van der Waals surface area contributed by atoms with Crippen molar-refractivity contribution < 1.29 is 4.74 Å². The summed E-state index contributed by atoms with van der Waals surface area (Å²) in [5.41, 5.74) is 2.40. The average Bonchev–Trinajstić information content (AvgIpc) is 3.26. The molecule has 0 bridgehead atoms. The molecule has 2 aromatic rings. The van der Waals surface area contributed by atoms with Gasteiger partial charge in [0.1, 0.15) is 5.82 Å². The summed E-state index contributed by atoms with van der Waals surface area (Å²) in [7, 11) is 0. The lowest BCUT2D eigenvalue weighted by molar-refractivity contribution is 0.142. The third-order valence-corrected chi connectivity index (χ3v) is 5.01. The first kappa shape index (κ1) is 15.6. The highest BCUT2D eigenvalue weighted by Crippen LogP contribution is 2.26. The van der Waals surface area contributed by atoms with Crippen molar-refractivity contribution in [2.45, 2.75) is 32.5 Å². The number of anilines is 1. The molecule has 0 radical (unpaired) electrons. The molecule has 6 nitrogen and oxygen atoms in total. The standard InChI is InChI=1S/C18H25N5O/c1-15-3-4-16-13-22(17-5-12-24-14-17)9-8-21(18(16)20-15)10-11-23-7-2-6-19-23/h2-4,6-7,17H,5,8-14H2,1H3. The lowest BCUT2D eigenvalue weighted by Gasteiger charge is -2.26. The van der Waals surface area contributed by atoms with Gasteiger partial charge < -0.3 is 9.64 Å². The fraction of sp³-hybridized carbons (Fsp3) is 0.556. The van der Waals surface area contributed by atoms with Crippen molar-refractivity contribution in [3.63, 3.8) is 0 Å². The Morgan fingerprint density at radius 1 is 1.25 bits per heavy atom. The zero-order chi connectivity index (χ0) is 16.4. The SMILES string of the molecule is Cc1ccc2c(n1)N(CCn1cccn1)CCN(C1CCOC1)C2. The van der Waals surface area contributed by atoms with Gasteiger partial charge >= 0.3 is 0 Å². The second-order valence-corrected chi connectivity index (χ2v) is 6.68. The van der Waals surface area contributed by atoms with Crippen LogP contribution in [-0.4, -0.2) is 58.6 Å². The van der Waals surface area contributed by atoms with E-state index >= 15 is 0 Å². The van der Waals surface area contributed by atoms with Gasteiger partial charge in [-0.3, -0.25) is 9.58 Å². The van der Waals surface area contributed by atoms with Crippen molar-refractivity contribution in [1.82, 2.24) is 19.7 Å². The van der Waals surface area contributed by atoms with Gasteiger partial charge in [-0.15, -0.1) is 0 Å². The van der Waals surface area contributed by atoms with Crippen LogP contribution in [0.15, 0.2) is 30.6 Å². The minimum absolute atomic E-state index is 0.546. The smallest absolute Gasteiger partial charge is 0.133 e. The molecule has 1 fully saturated rings. The molecule has 6 heteroatoms. The van der Waals surface area contributed by atoms with Crippen molar-refractivity contribution in [3.8, 4) is 0 Å². The molecule has 24 heavy (non-hydrogen) atoms. The minimum Gasteiger partial charge on any atom is -0.380 e. The number of fused-ring (bicyclic) bond motifs is 1. The molecule has 2 aliphatic heterocycles. The van der Waals surface area contributed by atoms with Gasteiger partial charge in [0, 0.05) is 62.5 Å². The van der Waals surface area contributed by atoms with Crippen LogP contribution in [0.25, 0.3) is 0 Å². The molecule has 2 aliphatic rings. The molecule has 0 aromatic carbocycles. The molecule has 1 atom stereocenters. The van der Waals surface area contributed by atoms with Crippen molar-refractivity contribution >= 4 is 5.82 Å². The van der Waals surface area contributed by atoms with Crippen LogP contribution >= 0.6 is 0 Å². The number of pyridine rings is 1. The van der Waals surface area contributed by atoms with Crippen LogP contribution in [0.2, 0.25) is 0 Å². The molecule has 4 heterocycles. The van der Waals surface area contributed by atoms with Gasteiger partial charge in [-0.1, -0.05) is 6.07 Å². The zero-order valence-electron chi connectivity index (χ0n) is 14.3. The third kappa shape index (κ3) is 3.30. The Bertz CT molecular complexity index is 666. The summed E-state index contributed by atoms with van der Waals surface area (Å²) in [6.07, 6.45) is 4.99. The fourth-order valence-electron chi connectivity index (χ4n) is 3.62. The average molecular weight is 327 g/mol. The monoisotopic (exact) mass is 327 g/mol. The lowest BCUT2D eigenvalue weighted by atomic mass is 10.1. The Morgan fingerprint density at radius 3 is 3.00 bits per heavy atom. The minimum atomic E-state index is 0.546. The summed E-state index contributed by atoms with van der Waals surface area (Å²) in [6.45, 7) is 8.66. The summed E-state index contributed by atoms with van der Waals surface area (Å²) in [4.78, 5) is 9.84. The summed E-state index contributed by atoms with van der Waals surface area (Å²) >= 11 is 0. The Kier molecular flexibility index (Phi) is 4.49. The largest absolute Gasteiger partial charge is 0.380 e. The Labute approximate surface area is 143 Å². The molecular weight excluding hydrogens is 302 g/mol. The van der Waals surface area contributed by atoms with Crippen LogP contribution in [0.5, 0.6) is 0 Å². The molecule has 0 aliphatic carbocycles. The number of aryl methyl sites for hydroxylation is 1. The van der Waals surface area contributed by atoms with Gasteiger partial charge in [0.25, 0.3) is 0 Å². The van der Waals surface area contributed by atoms with Gasteiger partial charge in [-0.25, -0.2) is 4.98 Å². The van der Waals surface area contributed by atoms with Gasteiger partial charge in [0.15, 0.2) is 0 Å². The first-order valence-electron chi connectivity index (χ1n) is 8.80. The van der Waals surface area contributed by atoms with E-state index < -0.39 is 0 Å². The van der Waals surface area contributed by atoms with E-state index in [0.717, 1.165) is 63.9 Å². The number of rotatable bonds is 4. The zero-order valence-corrected chi connectivity index (χ0v) is 14.3. The first-order chi connectivity index (χ1) is 11.8. The number of aromatic nitrogens is 3. The van der Waals surface area contributed by atoms with E-state index in [1.54, 1.807) is 0 Å². The molecule has 128 valence electrons. The van der Waals surface area contributed by atoms with E-state index in [0.29, 0.717) is 6.04 Å².